The summed E-state index contributed by atoms with van der Waals surface area (Å²) >= 11 is 6.02. The summed E-state index contributed by atoms with van der Waals surface area (Å²) in [6.45, 7) is 3.18. The quantitative estimate of drug-likeness (QED) is 0.730. The van der Waals surface area contributed by atoms with E-state index in [0.29, 0.717) is 17.9 Å². The topological polar surface area (TPSA) is 9.23 Å². The molecule has 3 unspecified atom stereocenters. The molecule has 1 fully saturated rings. The molecule has 94 valence electrons. The first-order valence-corrected chi connectivity index (χ1v) is 7.07. The summed E-state index contributed by atoms with van der Waals surface area (Å²) in [5.74, 6) is 1.81. The molecule has 0 amide bonds. The lowest BCUT2D eigenvalue weighted by Gasteiger charge is -2.32. The van der Waals surface area contributed by atoms with E-state index in [1.165, 1.54) is 12.0 Å². The number of rotatable bonds is 4. The Hall–Kier alpha value is -0.530. The van der Waals surface area contributed by atoms with E-state index in [1.54, 1.807) is 0 Å². The molecular formula is C15H21ClO. The van der Waals surface area contributed by atoms with E-state index in [-0.39, 0.29) is 0 Å². The van der Waals surface area contributed by atoms with Crippen LogP contribution in [0.5, 0.6) is 0 Å². The summed E-state index contributed by atoms with van der Waals surface area (Å²) in [6.07, 6.45) is 3.81. The number of hydrogen-bond acceptors (Lipinski definition) is 1. The predicted molar refractivity (Wildman–Crippen MR) is 72.7 cm³/mol. The fourth-order valence-electron chi connectivity index (χ4n) is 2.61. The molecule has 0 spiro atoms. The maximum atomic E-state index is 6.02. The molecule has 1 aromatic rings. The third-order valence-electron chi connectivity index (χ3n) is 3.73. The first kappa shape index (κ1) is 12.9. The van der Waals surface area contributed by atoms with Crippen molar-refractivity contribution in [1.82, 2.24) is 0 Å². The second-order valence-corrected chi connectivity index (χ2v) is 5.32. The van der Waals surface area contributed by atoms with Gasteiger partial charge in [-0.15, -0.1) is 11.6 Å². The van der Waals surface area contributed by atoms with Gasteiger partial charge < -0.3 is 4.74 Å². The van der Waals surface area contributed by atoms with Crippen LogP contribution in [0.25, 0.3) is 0 Å². The van der Waals surface area contributed by atoms with Crippen LogP contribution in [0.2, 0.25) is 0 Å². The fraction of sp³-hybridized carbons (Fsp3) is 0.600. The maximum absolute atomic E-state index is 6.02. The van der Waals surface area contributed by atoms with Crippen molar-refractivity contribution in [2.45, 2.75) is 38.2 Å². The van der Waals surface area contributed by atoms with Crippen LogP contribution >= 0.6 is 11.6 Å². The minimum Gasteiger partial charge on any atom is -0.378 e. The van der Waals surface area contributed by atoms with E-state index in [4.69, 9.17) is 16.3 Å². The number of benzene rings is 1. The molecule has 1 aliphatic heterocycles. The number of halogens is 1. The van der Waals surface area contributed by atoms with Crippen LogP contribution in [0.15, 0.2) is 30.3 Å². The summed E-state index contributed by atoms with van der Waals surface area (Å²) in [7, 11) is 0. The molecule has 17 heavy (non-hydrogen) atoms. The Morgan fingerprint density at radius 3 is 2.82 bits per heavy atom. The Labute approximate surface area is 109 Å². The molecule has 3 atom stereocenters. The molecule has 0 aliphatic carbocycles. The van der Waals surface area contributed by atoms with Crippen LogP contribution < -0.4 is 0 Å². The van der Waals surface area contributed by atoms with Gasteiger partial charge in [-0.2, -0.15) is 0 Å². The average molecular weight is 253 g/mol. The van der Waals surface area contributed by atoms with Crippen molar-refractivity contribution in [2.24, 2.45) is 5.92 Å². The lowest BCUT2D eigenvalue weighted by atomic mass is 9.87. The zero-order chi connectivity index (χ0) is 12.1. The summed E-state index contributed by atoms with van der Waals surface area (Å²) < 4.78 is 5.89. The second kappa shape index (κ2) is 6.42. The average Bonchev–Trinajstić information content (AvgIpc) is 2.40. The van der Waals surface area contributed by atoms with Gasteiger partial charge in [0.15, 0.2) is 0 Å². The monoisotopic (exact) mass is 252 g/mol. The molecule has 1 saturated heterocycles. The molecule has 2 heteroatoms. The van der Waals surface area contributed by atoms with Gasteiger partial charge in [-0.05, 0) is 36.7 Å². The van der Waals surface area contributed by atoms with Crippen molar-refractivity contribution in [3.63, 3.8) is 0 Å². The molecule has 0 saturated carbocycles. The van der Waals surface area contributed by atoms with Crippen molar-refractivity contribution in [1.29, 1.82) is 0 Å². The van der Waals surface area contributed by atoms with Crippen LogP contribution in [0, 0.1) is 5.92 Å². The largest absolute Gasteiger partial charge is 0.378 e. The van der Waals surface area contributed by atoms with Crippen LogP contribution in [0.1, 0.15) is 37.7 Å². The highest BCUT2D eigenvalue weighted by molar-refractivity contribution is 6.18. The molecular weight excluding hydrogens is 232 g/mol. The molecule has 0 N–H and O–H groups in total. The predicted octanol–water partition coefficient (Wildman–Crippen LogP) is 4.21. The lowest BCUT2D eigenvalue weighted by molar-refractivity contribution is -0.0264. The molecule has 1 aliphatic rings. The summed E-state index contributed by atoms with van der Waals surface area (Å²) in [5, 5.41) is 0. The minimum atomic E-state index is 0.344. The van der Waals surface area contributed by atoms with E-state index in [0.717, 1.165) is 25.3 Å². The minimum absolute atomic E-state index is 0.344. The molecule has 0 radical (unpaired) electrons. The van der Waals surface area contributed by atoms with Crippen LogP contribution in [0.3, 0.4) is 0 Å². The van der Waals surface area contributed by atoms with E-state index >= 15 is 0 Å². The smallest absolute Gasteiger partial charge is 0.0620 e. The number of hydrogen-bond donors (Lipinski definition) is 0. The summed E-state index contributed by atoms with van der Waals surface area (Å²) in [5.41, 5.74) is 1.40. The van der Waals surface area contributed by atoms with Crippen LogP contribution in [-0.2, 0) is 4.74 Å². The third-order valence-corrected chi connectivity index (χ3v) is 4.13. The third kappa shape index (κ3) is 3.46. The van der Waals surface area contributed by atoms with Crippen LogP contribution in [-0.4, -0.2) is 18.6 Å². The standard InChI is InChI=1S/C15H21ClO/c1-12(13-6-3-2-4-7-13)10-15-14(11-16)8-5-9-17-15/h2-4,6-7,12,14-15H,5,8-11H2,1H3. The van der Waals surface area contributed by atoms with Crippen LogP contribution in [0.4, 0.5) is 0 Å². The first-order valence-electron chi connectivity index (χ1n) is 6.53. The van der Waals surface area contributed by atoms with Gasteiger partial charge in [-0.1, -0.05) is 37.3 Å². The van der Waals surface area contributed by atoms with Gasteiger partial charge in [-0.25, -0.2) is 0 Å². The van der Waals surface area contributed by atoms with Gasteiger partial charge in [0.25, 0.3) is 0 Å². The SMILES string of the molecule is CC(CC1OCCCC1CCl)c1ccccc1. The number of ether oxygens (including phenoxy) is 1. The Bertz CT molecular complexity index is 325. The zero-order valence-corrected chi connectivity index (χ0v) is 11.2. The van der Waals surface area contributed by atoms with Crippen molar-refractivity contribution >= 4 is 11.6 Å². The zero-order valence-electron chi connectivity index (χ0n) is 10.4. The first-order chi connectivity index (χ1) is 8.31. The lowest BCUT2D eigenvalue weighted by Crippen LogP contribution is -2.31. The highest BCUT2D eigenvalue weighted by Gasteiger charge is 2.26. The van der Waals surface area contributed by atoms with Gasteiger partial charge in [0.2, 0.25) is 0 Å². The molecule has 1 nitrogen and oxygen atoms in total. The van der Waals surface area contributed by atoms with Crippen molar-refractivity contribution in [3.05, 3.63) is 35.9 Å². The molecule has 2 rings (SSSR count). The highest BCUT2D eigenvalue weighted by Crippen LogP contribution is 2.30. The molecule has 1 aromatic carbocycles. The highest BCUT2D eigenvalue weighted by atomic mass is 35.5. The van der Waals surface area contributed by atoms with E-state index in [1.807, 2.05) is 0 Å². The summed E-state index contributed by atoms with van der Waals surface area (Å²) in [6, 6.07) is 10.7. The van der Waals surface area contributed by atoms with Gasteiger partial charge in [-0.3, -0.25) is 0 Å². The van der Waals surface area contributed by atoms with Crippen molar-refractivity contribution < 1.29 is 4.74 Å². The Balaban J connectivity index is 1.95. The molecule has 0 bridgehead atoms. The van der Waals surface area contributed by atoms with E-state index in [2.05, 4.69) is 37.3 Å². The van der Waals surface area contributed by atoms with Gasteiger partial charge in [0, 0.05) is 12.5 Å². The summed E-state index contributed by atoms with van der Waals surface area (Å²) in [4.78, 5) is 0. The van der Waals surface area contributed by atoms with Gasteiger partial charge in [0.05, 0.1) is 6.10 Å². The second-order valence-electron chi connectivity index (χ2n) is 5.01. The molecule has 1 heterocycles. The van der Waals surface area contributed by atoms with E-state index < -0.39 is 0 Å². The Kier molecular flexibility index (Phi) is 4.87. The Morgan fingerprint density at radius 2 is 2.12 bits per heavy atom. The fourth-order valence-corrected chi connectivity index (χ4v) is 2.96. The molecule has 0 aromatic heterocycles. The maximum Gasteiger partial charge on any atom is 0.0620 e. The van der Waals surface area contributed by atoms with Crippen molar-refractivity contribution in [2.75, 3.05) is 12.5 Å². The Morgan fingerprint density at radius 1 is 1.35 bits per heavy atom. The normalized spacial score (nSPS) is 26.7. The van der Waals surface area contributed by atoms with Gasteiger partial charge in [0.1, 0.15) is 0 Å². The van der Waals surface area contributed by atoms with E-state index in [9.17, 15) is 0 Å². The van der Waals surface area contributed by atoms with Crippen molar-refractivity contribution in [3.8, 4) is 0 Å². The number of alkyl halides is 1. The van der Waals surface area contributed by atoms with Gasteiger partial charge >= 0.3 is 0 Å².